The number of hydrogen-bond donors (Lipinski definition) is 0. The first-order valence-electron chi connectivity index (χ1n) is 9.38. The molecule has 0 heterocycles. The molecule has 2 aromatic carbocycles. The Hall–Kier alpha value is -2.22. The topological polar surface area (TPSA) is 34.1 Å². The van der Waals surface area contributed by atoms with Gasteiger partial charge in [0.05, 0.1) is 6.42 Å². The number of aryl methyl sites for hydroxylation is 1. The molecule has 0 aliphatic heterocycles. The predicted octanol–water partition coefficient (Wildman–Crippen LogP) is 6.03. The van der Waals surface area contributed by atoms with Gasteiger partial charge in [-0.25, -0.2) is 0 Å². The van der Waals surface area contributed by atoms with Crippen molar-refractivity contribution in [3.63, 3.8) is 0 Å². The molecule has 0 radical (unpaired) electrons. The lowest BCUT2D eigenvalue weighted by Crippen LogP contribution is -2.06. The molecule has 0 aromatic heterocycles. The molecule has 0 bridgehead atoms. The number of benzene rings is 2. The Morgan fingerprint density at radius 3 is 1.92 bits per heavy atom. The average Bonchev–Trinajstić information content (AvgIpc) is 2.65. The highest BCUT2D eigenvalue weighted by atomic mass is 16.1. The number of rotatable bonds is 10. The SMILES string of the molecule is CCCCCCc1ccc(-c2ccc(C(=O)CC(=O)CC)cc2)cc1. The summed E-state index contributed by atoms with van der Waals surface area (Å²) in [7, 11) is 0. The standard InChI is InChI=1S/C23H28O2/c1-3-5-6-7-8-18-9-11-19(12-10-18)20-13-15-21(16-14-20)23(25)17-22(24)4-2/h9-16H,3-8,17H2,1-2H3. The van der Waals surface area contributed by atoms with Crippen molar-refractivity contribution in [2.75, 3.05) is 0 Å². The first-order chi connectivity index (χ1) is 12.1. The molecule has 25 heavy (non-hydrogen) atoms. The van der Waals surface area contributed by atoms with Crippen LogP contribution in [0.15, 0.2) is 48.5 Å². The zero-order chi connectivity index (χ0) is 18.1. The second-order valence-electron chi connectivity index (χ2n) is 6.58. The highest BCUT2D eigenvalue weighted by Crippen LogP contribution is 2.21. The van der Waals surface area contributed by atoms with E-state index >= 15 is 0 Å². The predicted molar refractivity (Wildman–Crippen MR) is 104 cm³/mol. The second-order valence-corrected chi connectivity index (χ2v) is 6.58. The highest BCUT2D eigenvalue weighted by molar-refractivity contribution is 6.08. The molecule has 2 rings (SSSR count). The normalized spacial score (nSPS) is 10.6. The summed E-state index contributed by atoms with van der Waals surface area (Å²) in [5.74, 6) is -0.107. The molecule has 0 saturated heterocycles. The minimum Gasteiger partial charge on any atom is -0.299 e. The van der Waals surface area contributed by atoms with Crippen LogP contribution in [0, 0.1) is 0 Å². The Morgan fingerprint density at radius 2 is 1.36 bits per heavy atom. The van der Waals surface area contributed by atoms with Crippen LogP contribution in [0.3, 0.4) is 0 Å². The molecular formula is C23H28O2. The molecule has 0 atom stereocenters. The summed E-state index contributed by atoms with van der Waals surface area (Å²) in [5, 5.41) is 0. The van der Waals surface area contributed by atoms with E-state index in [1.54, 1.807) is 6.92 Å². The van der Waals surface area contributed by atoms with Gasteiger partial charge in [-0.1, -0.05) is 81.6 Å². The van der Waals surface area contributed by atoms with Crippen LogP contribution in [0.2, 0.25) is 0 Å². The van der Waals surface area contributed by atoms with Crippen molar-refractivity contribution >= 4 is 11.6 Å². The van der Waals surface area contributed by atoms with E-state index in [2.05, 4.69) is 31.2 Å². The van der Waals surface area contributed by atoms with E-state index in [0.29, 0.717) is 12.0 Å². The van der Waals surface area contributed by atoms with Gasteiger partial charge in [-0.2, -0.15) is 0 Å². The van der Waals surface area contributed by atoms with Gasteiger partial charge in [-0.3, -0.25) is 9.59 Å². The molecule has 0 fully saturated rings. The third kappa shape index (κ3) is 5.97. The molecule has 2 heteroatoms. The van der Waals surface area contributed by atoms with E-state index in [-0.39, 0.29) is 18.0 Å². The van der Waals surface area contributed by atoms with Crippen LogP contribution in [-0.2, 0) is 11.2 Å². The maximum atomic E-state index is 12.0. The Morgan fingerprint density at radius 1 is 0.760 bits per heavy atom. The first kappa shape index (κ1) is 19.1. The first-order valence-corrected chi connectivity index (χ1v) is 9.38. The summed E-state index contributed by atoms with van der Waals surface area (Å²) < 4.78 is 0. The van der Waals surface area contributed by atoms with Crippen molar-refractivity contribution in [3.05, 3.63) is 59.7 Å². The van der Waals surface area contributed by atoms with Gasteiger partial charge >= 0.3 is 0 Å². The Bertz CT molecular complexity index is 681. The van der Waals surface area contributed by atoms with Crippen LogP contribution in [-0.4, -0.2) is 11.6 Å². The van der Waals surface area contributed by atoms with Crippen molar-refractivity contribution in [2.45, 2.75) is 58.8 Å². The maximum Gasteiger partial charge on any atom is 0.170 e. The lowest BCUT2D eigenvalue weighted by atomic mass is 9.98. The van der Waals surface area contributed by atoms with Crippen LogP contribution in [0.25, 0.3) is 11.1 Å². The minimum absolute atomic E-state index is 0.00255. The van der Waals surface area contributed by atoms with Gasteiger partial charge in [-0.15, -0.1) is 0 Å². The van der Waals surface area contributed by atoms with Gasteiger partial charge in [0.2, 0.25) is 0 Å². The summed E-state index contributed by atoms with van der Waals surface area (Å²) in [6.45, 7) is 4.02. The number of hydrogen-bond acceptors (Lipinski definition) is 2. The van der Waals surface area contributed by atoms with Crippen molar-refractivity contribution in [1.82, 2.24) is 0 Å². The summed E-state index contributed by atoms with van der Waals surface area (Å²) in [4.78, 5) is 23.4. The van der Waals surface area contributed by atoms with E-state index in [4.69, 9.17) is 0 Å². The molecule has 0 N–H and O–H groups in total. The monoisotopic (exact) mass is 336 g/mol. The third-order valence-electron chi connectivity index (χ3n) is 4.57. The van der Waals surface area contributed by atoms with Crippen molar-refractivity contribution in [1.29, 1.82) is 0 Å². The van der Waals surface area contributed by atoms with E-state index in [1.165, 1.54) is 31.2 Å². The van der Waals surface area contributed by atoms with Crippen molar-refractivity contribution < 1.29 is 9.59 Å². The third-order valence-corrected chi connectivity index (χ3v) is 4.57. The van der Waals surface area contributed by atoms with Gasteiger partial charge in [0.25, 0.3) is 0 Å². The second kappa shape index (κ2) is 9.93. The Balaban J connectivity index is 1.97. The average molecular weight is 336 g/mol. The molecule has 0 aliphatic carbocycles. The van der Waals surface area contributed by atoms with Crippen molar-refractivity contribution in [3.8, 4) is 11.1 Å². The molecule has 0 amide bonds. The van der Waals surface area contributed by atoms with Gasteiger partial charge in [0.15, 0.2) is 5.78 Å². The van der Waals surface area contributed by atoms with Gasteiger partial charge < -0.3 is 0 Å². The van der Waals surface area contributed by atoms with Gasteiger partial charge in [0, 0.05) is 12.0 Å². The van der Waals surface area contributed by atoms with E-state index in [1.807, 2.05) is 24.3 Å². The molecular weight excluding hydrogens is 308 g/mol. The Labute approximate surface area is 151 Å². The highest BCUT2D eigenvalue weighted by Gasteiger charge is 2.10. The molecule has 0 spiro atoms. The van der Waals surface area contributed by atoms with Crippen LogP contribution in [0.5, 0.6) is 0 Å². The summed E-state index contributed by atoms with van der Waals surface area (Å²) >= 11 is 0. The Kier molecular flexibility index (Phi) is 7.59. The zero-order valence-electron chi connectivity index (χ0n) is 15.4. The number of carbonyl (C=O) groups excluding carboxylic acids is 2. The number of unbranched alkanes of at least 4 members (excludes halogenated alkanes) is 3. The fraction of sp³-hybridized carbons (Fsp3) is 0.391. The maximum absolute atomic E-state index is 12.0. The van der Waals surface area contributed by atoms with E-state index in [9.17, 15) is 9.59 Å². The van der Waals surface area contributed by atoms with Crippen LogP contribution in [0.4, 0.5) is 0 Å². The van der Waals surface area contributed by atoms with E-state index in [0.717, 1.165) is 17.5 Å². The number of Topliss-reactive ketones (excluding diaryl/α,β-unsaturated/α-hetero) is 2. The summed E-state index contributed by atoms with van der Waals surface area (Å²) in [6.07, 6.45) is 6.68. The molecule has 0 saturated carbocycles. The van der Waals surface area contributed by atoms with Crippen LogP contribution in [0.1, 0.15) is 68.3 Å². The van der Waals surface area contributed by atoms with Gasteiger partial charge in [-0.05, 0) is 29.5 Å². The summed E-state index contributed by atoms with van der Waals surface area (Å²) in [6, 6.07) is 16.2. The fourth-order valence-electron chi connectivity index (χ4n) is 2.87. The van der Waals surface area contributed by atoms with Crippen molar-refractivity contribution in [2.24, 2.45) is 0 Å². The lowest BCUT2D eigenvalue weighted by molar-refractivity contribution is -0.117. The molecule has 0 unspecified atom stereocenters. The van der Waals surface area contributed by atoms with Gasteiger partial charge in [0.1, 0.15) is 5.78 Å². The zero-order valence-corrected chi connectivity index (χ0v) is 15.4. The molecule has 132 valence electrons. The summed E-state index contributed by atoms with van der Waals surface area (Å²) in [5.41, 5.74) is 4.24. The number of carbonyl (C=O) groups is 2. The minimum atomic E-state index is -0.0965. The largest absolute Gasteiger partial charge is 0.299 e. The fourth-order valence-corrected chi connectivity index (χ4v) is 2.87. The smallest absolute Gasteiger partial charge is 0.170 e. The molecule has 2 aromatic rings. The van der Waals surface area contributed by atoms with Crippen LogP contribution >= 0.6 is 0 Å². The molecule has 0 aliphatic rings. The number of ketones is 2. The quantitative estimate of drug-likeness (QED) is 0.302. The lowest BCUT2D eigenvalue weighted by Gasteiger charge is -2.06. The van der Waals surface area contributed by atoms with E-state index < -0.39 is 0 Å². The molecule has 2 nitrogen and oxygen atoms in total. The van der Waals surface area contributed by atoms with Crippen LogP contribution < -0.4 is 0 Å².